The van der Waals surface area contributed by atoms with Crippen molar-refractivity contribution >= 4 is 40.7 Å². The minimum absolute atomic E-state index is 0. The lowest BCUT2D eigenvalue weighted by Gasteiger charge is -2.18. The fraction of sp³-hybridized carbons (Fsp3) is 0.650. The summed E-state index contributed by atoms with van der Waals surface area (Å²) in [5, 5.41) is 6.61. The lowest BCUT2D eigenvalue weighted by atomic mass is 10.2. The number of benzene rings is 1. The fourth-order valence-corrected chi connectivity index (χ4v) is 3.07. The maximum Gasteiger partial charge on any atom is 0.191 e. The second kappa shape index (κ2) is 15.0. The molecule has 1 unspecified atom stereocenters. The van der Waals surface area contributed by atoms with E-state index in [0.29, 0.717) is 18.8 Å². The third-order valence-electron chi connectivity index (χ3n) is 3.80. The highest BCUT2D eigenvalue weighted by Crippen LogP contribution is 2.12. The van der Waals surface area contributed by atoms with Gasteiger partial charge in [0.05, 0.1) is 13.7 Å². The molecule has 28 heavy (non-hydrogen) atoms. The third-order valence-corrected chi connectivity index (χ3v) is 5.74. The summed E-state index contributed by atoms with van der Waals surface area (Å²) in [7, 11) is 0.769. The van der Waals surface area contributed by atoms with Crippen LogP contribution in [0.25, 0.3) is 0 Å². The first-order valence-corrected chi connectivity index (χ1v) is 10.8. The van der Waals surface area contributed by atoms with E-state index in [1.807, 2.05) is 52.0 Å². The number of methoxy groups -OCH3 is 1. The molecule has 0 aliphatic rings. The maximum absolute atomic E-state index is 12.2. The Morgan fingerprint density at radius 2 is 1.79 bits per heavy atom. The zero-order chi connectivity index (χ0) is 20.1. The van der Waals surface area contributed by atoms with Crippen LogP contribution in [0.15, 0.2) is 29.3 Å². The molecule has 0 heterocycles. The quantitative estimate of drug-likeness (QED) is 0.201. The highest BCUT2D eigenvalue weighted by atomic mass is 127. The molecule has 6 nitrogen and oxygen atoms in total. The van der Waals surface area contributed by atoms with Crippen molar-refractivity contribution in [2.75, 3.05) is 39.2 Å². The lowest BCUT2D eigenvalue weighted by molar-refractivity contribution is 0.145. The molecule has 0 aliphatic carbocycles. The fourth-order valence-electron chi connectivity index (χ4n) is 2.17. The first-order chi connectivity index (χ1) is 12.9. The average molecular weight is 525 g/mol. The van der Waals surface area contributed by atoms with Crippen molar-refractivity contribution in [1.82, 2.24) is 10.6 Å². The average Bonchev–Trinajstić information content (AvgIpc) is 2.64. The molecule has 1 rings (SSSR count). The molecule has 0 aliphatic heterocycles. The first kappa shape index (κ1) is 27.1. The molecular weight excluding hydrogens is 489 g/mol. The van der Waals surface area contributed by atoms with Crippen LogP contribution in [0.5, 0.6) is 5.75 Å². The van der Waals surface area contributed by atoms with Gasteiger partial charge in [0.2, 0.25) is 0 Å². The molecule has 1 aromatic carbocycles. The Balaban J connectivity index is 0.00000729. The normalized spacial score (nSPS) is 12.8. The predicted octanol–water partition coefficient (Wildman–Crippen LogP) is 3.32. The van der Waals surface area contributed by atoms with E-state index in [4.69, 9.17) is 9.47 Å². The van der Waals surface area contributed by atoms with Crippen LogP contribution in [-0.4, -0.2) is 54.1 Å². The molecule has 1 atom stereocenters. The van der Waals surface area contributed by atoms with E-state index < -0.39 is 10.8 Å². The minimum Gasteiger partial charge on any atom is -0.497 e. The van der Waals surface area contributed by atoms with Crippen LogP contribution in [0.3, 0.4) is 0 Å². The van der Waals surface area contributed by atoms with Gasteiger partial charge in [0.25, 0.3) is 0 Å². The molecule has 1 aromatic rings. The molecule has 0 bridgehead atoms. The number of rotatable bonds is 11. The van der Waals surface area contributed by atoms with Crippen LogP contribution in [0, 0.1) is 0 Å². The number of hydrogen-bond donors (Lipinski definition) is 2. The molecule has 0 fully saturated rings. The Morgan fingerprint density at radius 1 is 1.14 bits per heavy atom. The van der Waals surface area contributed by atoms with Gasteiger partial charge in [0.1, 0.15) is 5.75 Å². The Bertz CT molecular complexity index is 589. The van der Waals surface area contributed by atoms with Crippen molar-refractivity contribution < 1.29 is 13.7 Å². The molecule has 162 valence electrons. The monoisotopic (exact) mass is 525 g/mol. The van der Waals surface area contributed by atoms with Gasteiger partial charge in [0, 0.05) is 47.6 Å². The molecule has 8 heteroatoms. The Hall–Kier alpha value is -0.870. The molecule has 0 amide bonds. The van der Waals surface area contributed by atoms with Crippen LogP contribution in [0.4, 0.5) is 0 Å². The molecule has 2 N–H and O–H groups in total. The van der Waals surface area contributed by atoms with Crippen molar-refractivity contribution in [3.8, 4) is 5.75 Å². The number of nitrogens with one attached hydrogen (secondary N) is 2. The van der Waals surface area contributed by atoms with Crippen molar-refractivity contribution in [3.63, 3.8) is 0 Å². The second-order valence-electron chi connectivity index (χ2n) is 7.08. The highest BCUT2D eigenvalue weighted by molar-refractivity contribution is 14.0. The number of guanidine groups is 1. The summed E-state index contributed by atoms with van der Waals surface area (Å²) in [6, 6.07) is 7.87. The molecule has 0 saturated carbocycles. The molecule has 0 spiro atoms. The SMILES string of the molecule is CCOCCCNC(=NCc1ccc(OC)cc1)NCCS(=O)C(C)(C)C.I. The van der Waals surface area contributed by atoms with Crippen LogP contribution < -0.4 is 15.4 Å². The van der Waals surface area contributed by atoms with E-state index in [9.17, 15) is 4.21 Å². The summed E-state index contributed by atoms with van der Waals surface area (Å²) in [4.78, 5) is 4.64. The van der Waals surface area contributed by atoms with Crippen molar-refractivity contribution in [2.24, 2.45) is 4.99 Å². The van der Waals surface area contributed by atoms with Gasteiger partial charge in [-0.05, 0) is 51.8 Å². The van der Waals surface area contributed by atoms with Gasteiger partial charge in [0.15, 0.2) is 5.96 Å². The van der Waals surface area contributed by atoms with Crippen LogP contribution in [0.1, 0.15) is 39.7 Å². The predicted molar refractivity (Wildman–Crippen MR) is 129 cm³/mol. The second-order valence-corrected chi connectivity index (χ2v) is 9.40. The van der Waals surface area contributed by atoms with Crippen molar-refractivity contribution in [3.05, 3.63) is 29.8 Å². The number of halogens is 1. The van der Waals surface area contributed by atoms with Crippen LogP contribution in [0.2, 0.25) is 0 Å². The van der Waals surface area contributed by atoms with Crippen LogP contribution in [-0.2, 0) is 22.1 Å². The summed E-state index contributed by atoms with van der Waals surface area (Å²) in [6.07, 6.45) is 0.908. The summed E-state index contributed by atoms with van der Waals surface area (Å²) >= 11 is 0. The topological polar surface area (TPSA) is 71.9 Å². The third kappa shape index (κ3) is 11.9. The van der Waals surface area contributed by atoms with Gasteiger partial charge in [-0.15, -0.1) is 24.0 Å². The summed E-state index contributed by atoms with van der Waals surface area (Å²) < 4.78 is 22.5. The zero-order valence-electron chi connectivity index (χ0n) is 17.7. The smallest absolute Gasteiger partial charge is 0.191 e. The Morgan fingerprint density at radius 3 is 2.36 bits per heavy atom. The molecule has 0 saturated heterocycles. The first-order valence-electron chi connectivity index (χ1n) is 9.48. The van der Waals surface area contributed by atoms with E-state index in [-0.39, 0.29) is 28.7 Å². The van der Waals surface area contributed by atoms with E-state index in [0.717, 1.165) is 43.5 Å². The number of aliphatic imine (C=N–C) groups is 1. The Labute approximate surface area is 189 Å². The molecular formula is C20H36IN3O3S. The maximum atomic E-state index is 12.2. The van der Waals surface area contributed by atoms with Crippen molar-refractivity contribution in [1.29, 1.82) is 0 Å². The van der Waals surface area contributed by atoms with Gasteiger partial charge in [-0.1, -0.05) is 12.1 Å². The number of ether oxygens (including phenoxy) is 2. The highest BCUT2D eigenvalue weighted by Gasteiger charge is 2.18. The van der Waals surface area contributed by atoms with E-state index in [2.05, 4.69) is 15.6 Å². The van der Waals surface area contributed by atoms with Gasteiger partial charge in [-0.25, -0.2) is 4.99 Å². The zero-order valence-corrected chi connectivity index (χ0v) is 20.9. The molecule has 0 radical (unpaired) electrons. The lowest BCUT2D eigenvalue weighted by Crippen LogP contribution is -2.41. The number of nitrogens with zero attached hydrogens (tertiary/aromatic N) is 1. The van der Waals surface area contributed by atoms with Crippen molar-refractivity contribution in [2.45, 2.75) is 45.4 Å². The number of hydrogen-bond acceptors (Lipinski definition) is 4. The van der Waals surface area contributed by atoms with Gasteiger partial charge in [-0.2, -0.15) is 0 Å². The summed E-state index contributed by atoms with van der Waals surface area (Å²) in [5.41, 5.74) is 1.10. The van der Waals surface area contributed by atoms with E-state index in [1.54, 1.807) is 7.11 Å². The Kier molecular flexibility index (Phi) is 14.6. The standard InChI is InChI=1S/C20H35N3O3S.HI/c1-6-26-14-7-12-21-19(22-13-15-27(24)20(2,3)4)23-16-17-8-10-18(25-5)11-9-17;/h8-11H,6-7,12-16H2,1-5H3,(H2,21,22,23);1H. The van der Waals surface area contributed by atoms with Gasteiger partial charge >= 0.3 is 0 Å². The minimum atomic E-state index is -0.887. The van der Waals surface area contributed by atoms with E-state index >= 15 is 0 Å². The van der Waals surface area contributed by atoms with Crippen LogP contribution >= 0.6 is 24.0 Å². The summed E-state index contributed by atoms with van der Waals surface area (Å²) in [5.74, 6) is 2.15. The van der Waals surface area contributed by atoms with Gasteiger partial charge in [-0.3, -0.25) is 4.21 Å². The summed E-state index contributed by atoms with van der Waals surface area (Å²) in [6.45, 7) is 11.4. The largest absolute Gasteiger partial charge is 0.497 e. The van der Waals surface area contributed by atoms with E-state index in [1.165, 1.54) is 0 Å². The molecule has 0 aromatic heterocycles. The van der Waals surface area contributed by atoms with Gasteiger partial charge < -0.3 is 20.1 Å².